The van der Waals surface area contributed by atoms with Crippen LogP contribution in [0.15, 0.2) is 24.3 Å². The second-order valence-corrected chi connectivity index (χ2v) is 4.42. The molecule has 0 nitrogen and oxygen atoms in total. The number of alkyl halides is 6. The van der Waals surface area contributed by atoms with E-state index in [0.717, 1.165) is 18.6 Å². The van der Waals surface area contributed by atoms with Crippen molar-refractivity contribution in [3.63, 3.8) is 0 Å². The van der Waals surface area contributed by atoms with Gasteiger partial charge in [0.25, 0.3) is 0 Å². The van der Waals surface area contributed by atoms with Crippen molar-refractivity contribution in [2.45, 2.75) is 31.6 Å². The van der Waals surface area contributed by atoms with Crippen LogP contribution in [0.1, 0.15) is 36.0 Å². The van der Waals surface area contributed by atoms with E-state index in [1.165, 1.54) is 0 Å². The van der Waals surface area contributed by atoms with Crippen molar-refractivity contribution < 1.29 is 26.3 Å². The molecule has 1 aliphatic rings. The van der Waals surface area contributed by atoms with E-state index in [1.807, 2.05) is 0 Å². The van der Waals surface area contributed by atoms with E-state index in [9.17, 15) is 26.3 Å². The molecule has 0 spiro atoms. The molecular formula is C13H10F6. The third kappa shape index (κ3) is 3.11. The summed E-state index contributed by atoms with van der Waals surface area (Å²) in [6.45, 7) is 0. The first-order valence-corrected chi connectivity index (χ1v) is 5.67. The van der Waals surface area contributed by atoms with E-state index >= 15 is 0 Å². The predicted octanol–water partition coefficient (Wildman–Crippen LogP) is 5.29. The minimum atomic E-state index is -4.78. The molecule has 1 aromatic carbocycles. The van der Waals surface area contributed by atoms with Gasteiger partial charge in [0.1, 0.15) is 0 Å². The summed E-state index contributed by atoms with van der Waals surface area (Å²) in [4.78, 5) is 0. The Labute approximate surface area is 105 Å². The Morgan fingerprint density at radius 1 is 0.789 bits per heavy atom. The second-order valence-electron chi connectivity index (χ2n) is 4.42. The van der Waals surface area contributed by atoms with Crippen molar-refractivity contribution >= 4 is 5.57 Å². The lowest BCUT2D eigenvalue weighted by Gasteiger charge is -2.14. The van der Waals surface area contributed by atoms with Crippen LogP contribution < -0.4 is 0 Å². The summed E-state index contributed by atoms with van der Waals surface area (Å²) in [6.07, 6.45) is -5.92. The van der Waals surface area contributed by atoms with Crippen LogP contribution in [0.3, 0.4) is 0 Å². The van der Waals surface area contributed by atoms with Crippen LogP contribution in [0.25, 0.3) is 5.57 Å². The second kappa shape index (κ2) is 4.58. The van der Waals surface area contributed by atoms with E-state index in [-0.39, 0.29) is 11.6 Å². The largest absolute Gasteiger partial charge is 0.416 e. The number of rotatable bonds is 1. The van der Waals surface area contributed by atoms with Gasteiger partial charge in [0.2, 0.25) is 0 Å². The zero-order chi connectivity index (χ0) is 14.3. The van der Waals surface area contributed by atoms with Crippen LogP contribution in [0.5, 0.6) is 0 Å². The summed E-state index contributed by atoms with van der Waals surface area (Å²) in [5, 5.41) is 0. The Bertz CT molecular complexity index is 475. The topological polar surface area (TPSA) is 0 Å². The zero-order valence-corrected chi connectivity index (χ0v) is 9.70. The highest BCUT2D eigenvalue weighted by Gasteiger charge is 2.37. The molecule has 19 heavy (non-hydrogen) atoms. The normalized spacial score (nSPS) is 16.6. The standard InChI is InChI=1S/C13H10F6/c14-12(15,16)10-5-9(8-3-1-2-4-8)6-11(7-10)13(17,18)19/h3,5-7H,1-2,4H2. The van der Waals surface area contributed by atoms with Crippen LogP contribution in [0, 0.1) is 0 Å². The molecule has 104 valence electrons. The van der Waals surface area contributed by atoms with Gasteiger partial charge in [-0.3, -0.25) is 0 Å². The van der Waals surface area contributed by atoms with Crippen molar-refractivity contribution in [2.75, 3.05) is 0 Å². The fourth-order valence-corrected chi connectivity index (χ4v) is 2.07. The van der Waals surface area contributed by atoms with E-state index in [0.29, 0.717) is 18.4 Å². The summed E-state index contributed by atoms with van der Waals surface area (Å²) in [6, 6.07) is 1.72. The molecule has 0 aromatic heterocycles. The highest BCUT2D eigenvalue weighted by molar-refractivity contribution is 5.68. The average Bonchev–Trinajstić information content (AvgIpc) is 2.79. The highest BCUT2D eigenvalue weighted by Crippen LogP contribution is 2.39. The van der Waals surface area contributed by atoms with E-state index in [4.69, 9.17) is 0 Å². The summed E-state index contributed by atoms with van der Waals surface area (Å²) < 4.78 is 75.8. The van der Waals surface area contributed by atoms with Gasteiger partial charge in [-0.2, -0.15) is 26.3 Å². The SMILES string of the molecule is FC(F)(F)c1cc(C2=CCCC2)cc(C(F)(F)F)c1. The van der Waals surface area contributed by atoms with Crippen molar-refractivity contribution in [1.29, 1.82) is 0 Å². The molecule has 1 aromatic rings. The summed E-state index contributed by atoms with van der Waals surface area (Å²) in [5.74, 6) is 0. The Hall–Kier alpha value is -1.46. The minimum Gasteiger partial charge on any atom is -0.166 e. The summed E-state index contributed by atoms with van der Waals surface area (Å²) in [7, 11) is 0. The molecule has 0 amide bonds. The minimum absolute atomic E-state index is 0.0136. The summed E-state index contributed by atoms with van der Waals surface area (Å²) >= 11 is 0. The number of halogens is 6. The number of hydrogen-bond acceptors (Lipinski definition) is 0. The molecule has 2 rings (SSSR count). The fourth-order valence-electron chi connectivity index (χ4n) is 2.07. The van der Waals surface area contributed by atoms with Gasteiger partial charge in [-0.05, 0) is 48.6 Å². The van der Waals surface area contributed by atoms with Crippen LogP contribution in [-0.2, 0) is 12.4 Å². The molecule has 6 heteroatoms. The van der Waals surface area contributed by atoms with Crippen LogP contribution in [0.2, 0.25) is 0 Å². The quantitative estimate of drug-likeness (QED) is 0.613. The zero-order valence-electron chi connectivity index (χ0n) is 9.70. The molecule has 0 saturated carbocycles. The molecule has 0 saturated heterocycles. The van der Waals surface area contributed by atoms with Crippen molar-refractivity contribution in [1.82, 2.24) is 0 Å². The first-order chi connectivity index (χ1) is 8.68. The third-order valence-electron chi connectivity index (χ3n) is 3.00. The molecule has 0 bridgehead atoms. The van der Waals surface area contributed by atoms with Gasteiger partial charge in [0.05, 0.1) is 11.1 Å². The lowest BCUT2D eigenvalue weighted by atomic mass is 9.99. The Balaban J connectivity index is 2.55. The Morgan fingerprint density at radius 3 is 1.68 bits per heavy atom. The van der Waals surface area contributed by atoms with Crippen LogP contribution >= 0.6 is 0 Å². The van der Waals surface area contributed by atoms with Gasteiger partial charge >= 0.3 is 12.4 Å². The van der Waals surface area contributed by atoms with Gasteiger partial charge in [-0.15, -0.1) is 0 Å². The number of hydrogen-bond donors (Lipinski definition) is 0. The van der Waals surface area contributed by atoms with Gasteiger partial charge in [0.15, 0.2) is 0 Å². The molecule has 0 aliphatic heterocycles. The third-order valence-corrected chi connectivity index (χ3v) is 3.00. The lowest BCUT2D eigenvalue weighted by molar-refractivity contribution is -0.143. The Kier molecular flexibility index (Phi) is 3.36. The van der Waals surface area contributed by atoms with E-state index < -0.39 is 23.5 Å². The van der Waals surface area contributed by atoms with Crippen LogP contribution in [0.4, 0.5) is 26.3 Å². The maximum atomic E-state index is 12.6. The lowest BCUT2D eigenvalue weighted by Crippen LogP contribution is -2.11. The first kappa shape index (κ1) is 14.0. The average molecular weight is 280 g/mol. The van der Waals surface area contributed by atoms with E-state index in [2.05, 4.69) is 0 Å². The molecule has 1 aliphatic carbocycles. The first-order valence-electron chi connectivity index (χ1n) is 5.67. The predicted molar refractivity (Wildman–Crippen MR) is 58.3 cm³/mol. The Morgan fingerprint density at radius 2 is 1.32 bits per heavy atom. The van der Waals surface area contributed by atoms with Crippen molar-refractivity contribution in [3.05, 3.63) is 41.0 Å². The highest BCUT2D eigenvalue weighted by atomic mass is 19.4. The maximum Gasteiger partial charge on any atom is 0.416 e. The van der Waals surface area contributed by atoms with Gasteiger partial charge in [-0.1, -0.05) is 6.08 Å². The summed E-state index contributed by atoms with van der Waals surface area (Å²) in [5.41, 5.74) is -1.95. The fraction of sp³-hybridized carbons (Fsp3) is 0.385. The molecule has 0 fully saturated rings. The molecule has 0 heterocycles. The van der Waals surface area contributed by atoms with Crippen molar-refractivity contribution in [3.8, 4) is 0 Å². The molecular weight excluding hydrogens is 270 g/mol. The number of allylic oxidation sites excluding steroid dienone is 2. The van der Waals surface area contributed by atoms with Gasteiger partial charge in [0, 0.05) is 0 Å². The molecule has 0 N–H and O–H groups in total. The maximum absolute atomic E-state index is 12.6. The monoisotopic (exact) mass is 280 g/mol. The molecule has 0 radical (unpaired) electrons. The van der Waals surface area contributed by atoms with Gasteiger partial charge < -0.3 is 0 Å². The molecule has 0 atom stereocenters. The van der Waals surface area contributed by atoms with Crippen molar-refractivity contribution in [2.24, 2.45) is 0 Å². The smallest absolute Gasteiger partial charge is 0.166 e. The molecule has 0 unspecified atom stereocenters. The van der Waals surface area contributed by atoms with E-state index in [1.54, 1.807) is 6.08 Å². The van der Waals surface area contributed by atoms with Crippen LogP contribution in [-0.4, -0.2) is 0 Å². The number of benzene rings is 1. The van der Waals surface area contributed by atoms with Gasteiger partial charge in [-0.25, -0.2) is 0 Å².